The molecule has 3 heterocycles. The smallest absolute Gasteiger partial charge is 0.325 e. The zero-order chi connectivity index (χ0) is 22.5. The summed E-state index contributed by atoms with van der Waals surface area (Å²) in [6.07, 6.45) is 1.63. The van der Waals surface area contributed by atoms with E-state index >= 15 is 0 Å². The van der Waals surface area contributed by atoms with E-state index in [9.17, 15) is 14.4 Å². The SMILES string of the molecule is COc1ccc2c(c1)CCCN2C(=O)CN1C(=O)N[C@@](C)(c2cc3ccccc3o2)C1=O. The Labute approximate surface area is 184 Å². The largest absolute Gasteiger partial charge is 0.497 e. The minimum Gasteiger partial charge on any atom is -0.497 e. The lowest BCUT2D eigenvalue weighted by atomic mass is 9.98. The molecular formula is C24H23N3O5. The third-order valence-electron chi connectivity index (χ3n) is 6.19. The van der Waals surface area contributed by atoms with Crippen molar-refractivity contribution < 1.29 is 23.5 Å². The van der Waals surface area contributed by atoms with Gasteiger partial charge in [-0.3, -0.25) is 14.5 Å². The van der Waals surface area contributed by atoms with Gasteiger partial charge >= 0.3 is 6.03 Å². The zero-order valence-electron chi connectivity index (χ0n) is 17.9. The van der Waals surface area contributed by atoms with Crippen LogP contribution < -0.4 is 15.0 Å². The van der Waals surface area contributed by atoms with Gasteiger partial charge in [0.1, 0.15) is 23.6 Å². The van der Waals surface area contributed by atoms with E-state index in [1.54, 1.807) is 37.1 Å². The normalized spacial score (nSPS) is 20.4. The van der Waals surface area contributed by atoms with Crippen molar-refractivity contribution in [2.75, 3.05) is 25.1 Å². The molecule has 32 heavy (non-hydrogen) atoms. The number of amides is 4. The summed E-state index contributed by atoms with van der Waals surface area (Å²) in [7, 11) is 1.60. The summed E-state index contributed by atoms with van der Waals surface area (Å²) in [5.74, 6) is 0.242. The Hall–Kier alpha value is -3.81. The highest BCUT2D eigenvalue weighted by Crippen LogP contribution is 2.34. The van der Waals surface area contributed by atoms with E-state index in [0.717, 1.165) is 40.1 Å². The van der Waals surface area contributed by atoms with Crippen LogP contribution in [-0.4, -0.2) is 42.9 Å². The maximum Gasteiger partial charge on any atom is 0.325 e. The number of benzene rings is 2. The van der Waals surface area contributed by atoms with Crippen molar-refractivity contribution in [3.63, 3.8) is 0 Å². The van der Waals surface area contributed by atoms with Crippen LogP contribution in [0.5, 0.6) is 5.75 Å². The second-order valence-corrected chi connectivity index (χ2v) is 8.24. The Morgan fingerprint density at radius 3 is 2.78 bits per heavy atom. The molecule has 0 saturated carbocycles. The number of hydrogen-bond acceptors (Lipinski definition) is 5. The van der Waals surface area contributed by atoms with Gasteiger partial charge in [0.15, 0.2) is 5.54 Å². The van der Waals surface area contributed by atoms with E-state index < -0.39 is 17.5 Å². The van der Waals surface area contributed by atoms with Crippen molar-refractivity contribution in [1.29, 1.82) is 0 Å². The molecule has 1 N–H and O–H groups in total. The highest BCUT2D eigenvalue weighted by atomic mass is 16.5. The molecule has 1 saturated heterocycles. The first-order chi connectivity index (χ1) is 15.4. The Kier molecular flexibility index (Phi) is 4.65. The van der Waals surface area contributed by atoms with E-state index in [2.05, 4.69) is 5.32 Å². The number of rotatable bonds is 4. The lowest BCUT2D eigenvalue weighted by Crippen LogP contribution is -2.46. The van der Waals surface area contributed by atoms with Crippen LogP contribution >= 0.6 is 0 Å². The number of ether oxygens (including phenoxy) is 1. The molecule has 8 nitrogen and oxygen atoms in total. The summed E-state index contributed by atoms with van der Waals surface area (Å²) in [6, 6.07) is 14.1. The van der Waals surface area contributed by atoms with Crippen molar-refractivity contribution in [2.24, 2.45) is 0 Å². The van der Waals surface area contributed by atoms with Crippen LogP contribution in [0.25, 0.3) is 11.0 Å². The molecule has 5 rings (SSSR count). The van der Waals surface area contributed by atoms with Gasteiger partial charge in [-0.25, -0.2) is 4.79 Å². The fourth-order valence-electron chi connectivity index (χ4n) is 4.42. The average Bonchev–Trinajstić information content (AvgIpc) is 3.34. The van der Waals surface area contributed by atoms with Crippen LogP contribution in [0.3, 0.4) is 0 Å². The van der Waals surface area contributed by atoms with Gasteiger partial charge in [0.05, 0.1) is 7.11 Å². The van der Waals surface area contributed by atoms with Gasteiger partial charge in [0.2, 0.25) is 5.91 Å². The number of methoxy groups -OCH3 is 1. The Morgan fingerprint density at radius 1 is 1.19 bits per heavy atom. The molecule has 164 valence electrons. The molecule has 0 aliphatic carbocycles. The average molecular weight is 433 g/mol. The number of hydrogen-bond donors (Lipinski definition) is 1. The minimum absolute atomic E-state index is 0.312. The summed E-state index contributed by atoms with van der Waals surface area (Å²) in [6.45, 7) is 1.78. The van der Waals surface area contributed by atoms with E-state index in [1.165, 1.54) is 0 Å². The maximum atomic E-state index is 13.3. The van der Waals surface area contributed by atoms with E-state index in [1.807, 2.05) is 30.3 Å². The van der Waals surface area contributed by atoms with Crippen molar-refractivity contribution >= 4 is 34.5 Å². The number of anilines is 1. The molecule has 8 heteroatoms. The summed E-state index contributed by atoms with van der Waals surface area (Å²) in [4.78, 5) is 41.7. The third-order valence-corrected chi connectivity index (χ3v) is 6.19. The number of fused-ring (bicyclic) bond motifs is 2. The third kappa shape index (κ3) is 3.10. The molecule has 1 aromatic heterocycles. The molecule has 4 amide bonds. The van der Waals surface area contributed by atoms with Gasteiger partial charge < -0.3 is 19.4 Å². The quantitative estimate of drug-likeness (QED) is 0.638. The fraction of sp³-hybridized carbons (Fsp3) is 0.292. The molecule has 2 aromatic carbocycles. The molecule has 2 aliphatic heterocycles. The van der Waals surface area contributed by atoms with E-state index in [-0.39, 0.29) is 12.5 Å². The molecular weight excluding hydrogens is 410 g/mol. The second kappa shape index (κ2) is 7.40. The van der Waals surface area contributed by atoms with E-state index in [0.29, 0.717) is 17.9 Å². The topological polar surface area (TPSA) is 92.1 Å². The summed E-state index contributed by atoms with van der Waals surface area (Å²) in [5, 5.41) is 3.54. The van der Waals surface area contributed by atoms with Crippen LogP contribution in [0.15, 0.2) is 52.9 Å². The Morgan fingerprint density at radius 2 is 2.00 bits per heavy atom. The minimum atomic E-state index is -1.37. The summed E-state index contributed by atoms with van der Waals surface area (Å²) >= 11 is 0. The second-order valence-electron chi connectivity index (χ2n) is 8.24. The van der Waals surface area contributed by atoms with Crippen LogP contribution in [-0.2, 0) is 21.5 Å². The van der Waals surface area contributed by atoms with E-state index in [4.69, 9.17) is 9.15 Å². The molecule has 1 fully saturated rings. The van der Waals surface area contributed by atoms with Gasteiger partial charge in [-0.15, -0.1) is 0 Å². The van der Waals surface area contributed by atoms with Crippen LogP contribution in [0, 0.1) is 0 Å². The maximum absolute atomic E-state index is 13.3. The van der Waals surface area contributed by atoms with Crippen molar-refractivity contribution in [2.45, 2.75) is 25.3 Å². The van der Waals surface area contributed by atoms with Crippen LogP contribution in [0.2, 0.25) is 0 Å². The van der Waals surface area contributed by atoms with Crippen LogP contribution in [0.4, 0.5) is 10.5 Å². The predicted molar refractivity (Wildman–Crippen MR) is 117 cm³/mol. The van der Waals surface area contributed by atoms with Gasteiger partial charge in [0, 0.05) is 17.6 Å². The Bertz CT molecular complexity index is 1220. The molecule has 0 unspecified atom stereocenters. The number of furan rings is 1. The Balaban J connectivity index is 1.39. The number of urea groups is 1. The fourth-order valence-corrected chi connectivity index (χ4v) is 4.42. The number of para-hydroxylation sites is 1. The van der Waals surface area contributed by atoms with Crippen molar-refractivity contribution in [3.05, 3.63) is 59.9 Å². The number of nitrogens with zero attached hydrogens (tertiary/aromatic N) is 2. The molecule has 0 bridgehead atoms. The lowest BCUT2D eigenvalue weighted by molar-refractivity contribution is -0.134. The molecule has 2 aliphatic rings. The summed E-state index contributed by atoms with van der Waals surface area (Å²) < 4.78 is 11.1. The monoisotopic (exact) mass is 433 g/mol. The van der Waals surface area contributed by atoms with Gasteiger partial charge in [-0.2, -0.15) is 0 Å². The first-order valence-corrected chi connectivity index (χ1v) is 10.5. The highest BCUT2D eigenvalue weighted by Gasteiger charge is 2.52. The van der Waals surface area contributed by atoms with Gasteiger partial charge in [0.25, 0.3) is 5.91 Å². The number of carbonyl (C=O) groups is 3. The summed E-state index contributed by atoms with van der Waals surface area (Å²) in [5.41, 5.74) is 1.05. The number of carbonyl (C=O) groups excluding carboxylic acids is 3. The van der Waals surface area contributed by atoms with Crippen LogP contribution in [0.1, 0.15) is 24.7 Å². The number of imide groups is 1. The standard InChI is InChI=1S/C24H23N3O5/c1-24(20-13-16-6-3-4-8-19(16)32-20)22(29)27(23(30)25-24)14-21(28)26-11-5-7-15-12-17(31-2)9-10-18(15)26/h3-4,6,8-10,12-13H,5,7,11,14H2,1-2H3,(H,25,30)/t24-/m0/s1. The molecule has 0 radical (unpaired) electrons. The van der Waals surface area contributed by atoms with Gasteiger partial charge in [-0.05, 0) is 55.7 Å². The first-order valence-electron chi connectivity index (χ1n) is 10.5. The molecule has 1 atom stereocenters. The first kappa shape index (κ1) is 20.1. The number of aryl methyl sites for hydroxylation is 1. The van der Waals surface area contributed by atoms with Gasteiger partial charge in [-0.1, -0.05) is 18.2 Å². The lowest BCUT2D eigenvalue weighted by Gasteiger charge is -2.30. The highest BCUT2D eigenvalue weighted by molar-refractivity contribution is 6.10. The number of nitrogens with one attached hydrogen (secondary N) is 1. The molecule has 3 aromatic rings. The zero-order valence-corrected chi connectivity index (χ0v) is 17.9. The van der Waals surface area contributed by atoms with Crippen molar-refractivity contribution in [1.82, 2.24) is 10.2 Å². The van der Waals surface area contributed by atoms with Crippen molar-refractivity contribution in [3.8, 4) is 5.75 Å². The predicted octanol–water partition coefficient (Wildman–Crippen LogP) is 3.19. The molecule has 0 spiro atoms.